The van der Waals surface area contributed by atoms with E-state index in [-0.39, 0.29) is 18.4 Å². The average Bonchev–Trinajstić information content (AvgIpc) is 2.59. The summed E-state index contributed by atoms with van der Waals surface area (Å²) in [6, 6.07) is 5.84. The molecule has 0 bridgehead atoms. The fourth-order valence-electron chi connectivity index (χ4n) is 3.06. The van der Waals surface area contributed by atoms with E-state index in [1.165, 1.54) is 32.1 Å². The van der Waals surface area contributed by atoms with Gasteiger partial charge in [0.25, 0.3) is 5.91 Å². The highest BCUT2D eigenvalue weighted by atomic mass is 16.5. The molecule has 5 nitrogen and oxygen atoms in total. The van der Waals surface area contributed by atoms with E-state index in [0.717, 1.165) is 17.5 Å². The Morgan fingerprint density at radius 2 is 1.79 bits per heavy atom. The molecule has 2 amide bonds. The van der Waals surface area contributed by atoms with E-state index < -0.39 is 0 Å². The van der Waals surface area contributed by atoms with Gasteiger partial charge in [-0.05, 0) is 43.4 Å². The number of carbonyl (C=O) groups is 2. The molecule has 2 N–H and O–H groups in total. The summed E-state index contributed by atoms with van der Waals surface area (Å²) in [6.45, 7) is 3.78. The summed E-state index contributed by atoms with van der Waals surface area (Å²) in [5.41, 5.74) is 6.93. The van der Waals surface area contributed by atoms with Gasteiger partial charge in [0.1, 0.15) is 5.75 Å². The molecule has 1 aromatic carbocycles. The second kappa shape index (κ2) is 9.30. The van der Waals surface area contributed by atoms with Crippen molar-refractivity contribution in [3.05, 3.63) is 29.3 Å². The van der Waals surface area contributed by atoms with E-state index in [0.29, 0.717) is 18.1 Å². The minimum absolute atomic E-state index is 0.118. The largest absolute Gasteiger partial charge is 0.483 e. The van der Waals surface area contributed by atoms with Crippen molar-refractivity contribution in [3.8, 4) is 5.75 Å². The van der Waals surface area contributed by atoms with Crippen LogP contribution < -0.4 is 15.6 Å². The highest BCUT2D eigenvalue weighted by molar-refractivity contribution is 5.82. The topological polar surface area (TPSA) is 67.4 Å². The minimum Gasteiger partial charge on any atom is -0.483 e. The SMILES string of the molecule is Cc1ccc(C)c(OCC(=O)NNC(=O)CCC2CCCCC2)c1. The molecule has 0 aromatic heterocycles. The van der Waals surface area contributed by atoms with E-state index >= 15 is 0 Å². The van der Waals surface area contributed by atoms with Crippen molar-refractivity contribution in [3.63, 3.8) is 0 Å². The Hall–Kier alpha value is -2.04. The van der Waals surface area contributed by atoms with Gasteiger partial charge in [-0.15, -0.1) is 0 Å². The summed E-state index contributed by atoms with van der Waals surface area (Å²) < 4.78 is 5.50. The van der Waals surface area contributed by atoms with Crippen LogP contribution in [0.3, 0.4) is 0 Å². The van der Waals surface area contributed by atoms with Crippen LogP contribution in [-0.4, -0.2) is 18.4 Å². The van der Waals surface area contributed by atoms with E-state index in [4.69, 9.17) is 4.74 Å². The first-order valence-corrected chi connectivity index (χ1v) is 8.82. The summed E-state index contributed by atoms with van der Waals surface area (Å²) in [5, 5.41) is 0. The Bertz CT molecular complexity index is 566. The van der Waals surface area contributed by atoms with Gasteiger partial charge >= 0.3 is 0 Å². The monoisotopic (exact) mass is 332 g/mol. The second-order valence-corrected chi connectivity index (χ2v) is 6.70. The maximum atomic E-state index is 11.8. The van der Waals surface area contributed by atoms with Crippen LogP contribution in [0, 0.1) is 19.8 Å². The van der Waals surface area contributed by atoms with Gasteiger partial charge in [-0.25, -0.2) is 0 Å². The Morgan fingerprint density at radius 1 is 1.08 bits per heavy atom. The number of ether oxygens (including phenoxy) is 1. The van der Waals surface area contributed by atoms with Gasteiger partial charge in [0.15, 0.2) is 6.61 Å². The highest BCUT2D eigenvalue weighted by Crippen LogP contribution is 2.27. The number of carbonyl (C=O) groups excluding carboxylic acids is 2. The third kappa shape index (κ3) is 6.22. The van der Waals surface area contributed by atoms with Crippen LogP contribution in [0.2, 0.25) is 0 Å². The van der Waals surface area contributed by atoms with Gasteiger partial charge < -0.3 is 4.74 Å². The summed E-state index contributed by atoms with van der Waals surface area (Å²) in [7, 11) is 0. The number of hydrazine groups is 1. The average molecular weight is 332 g/mol. The van der Waals surface area contributed by atoms with E-state index in [1.807, 2.05) is 32.0 Å². The van der Waals surface area contributed by atoms with Gasteiger partial charge in [-0.1, -0.05) is 44.2 Å². The maximum absolute atomic E-state index is 11.8. The Kier molecular flexibility index (Phi) is 7.09. The van der Waals surface area contributed by atoms with Crippen LogP contribution in [0.15, 0.2) is 18.2 Å². The Labute approximate surface area is 144 Å². The number of hydrogen-bond acceptors (Lipinski definition) is 3. The summed E-state index contributed by atoms with van der Waals surface area (Å²) in [6.07, 6.45) is 7.69. The van der Waals surface area contributed by atoms with Crippen LogP contribution in [-0.2, 0) is 9.59 Å². The van der Waals surface area contributed by atoms with Crippen LogP contribution in [0.25, 0.3) is 0 Å². The number of nitrogens with one attached hydrogen (secondary N) is 2. The molecule has 0 unspecified atom stereocenters. The molecule has 0 saturated heterocycles. The lowest BCUT2D eigenvalue weighted by Gasteiger charge is -2.21. The van der Waals surface area contributed by atoms with Gasteiger partial charge in [0, 0.05) is 6.42 Å². The van der Waals surface area contributed by atoms with Crippen molar-refractivity contribution in [1.82, 2.24) is 10.9 Å². The van der Waals surface area contributed by atoms with Gasteiger partial charge in [0.05, 0.1) is 0 Å². The first kappa shape index (κ1) is 18.3. The molecule has 24 heavy (non-hydrogen) atoms. The van der Waals surface area contributed by atoms with Gasteiger partial charge in [-0.2, -0.15) is 0 Å². The lowest BCUT2D eigenvalue weighted by Crippen LogP contribution is -2.43. The number of hydrogen-bond donors (Lipinski definition) is 2. The molecule has 5 heteroatoms. The third-order valence-electron chi connectivity index (χ3n) is 4.55. The quantitative estimate of drug-likeness (QED) is 0.786. The molecule has 0 atom stereocenters. The molecule has 2 rings (SSSR count). The number of amides is 2. The van der Waals surface area contributed by atoms with E-state index in [2.05, 4.69) is 10.9 Å². The predicted molar refractivity (Wildman–Crippen MR) is 93.5 cm³/mol. The lowest BCUT2D eigenvalue weighted by atomic mass is 9.86. The second-order valence-electron chi connectivity index (χ2n) is 6.70. The summed E-state index contributed by atoms with van der Waals surface area (Å²) >= 11 is 0. The van der Waals surface area contributed by atoms with Crippen molar-refractivity contribution in [1.29, 1.82) is 0 Å². The Morgan fingerprint density at radius 3 is 2.54 bits per heavy atom. The molecule has 1 aromatic rings. The number of aryl methyl sites for hydroxylation is 2. The van der Waals surface area contributed by atoms with Crippen molar-refractivity contribution in [2.24, 2.45) is 5.92 Å². The molecule has 1 aliphatic rings. The molecular formula is C19H28N2O3. The molecule has 0 heterocycles. The zero-order valence-electron chi connectivity index (χ0n) is 14.7. The van der Waals surface area contributed by atoms with Gasteiger partial charge in [-0.3, -0.25) is 20.4 Å². The normalized spacial score (nSPS) is 14.9. The van der Waals surface area contributed by atoms with Crippen LogP contribution in [0.1, 0.15) is 56.1 Å². The highest BCUT2D eigenvalue weighted by Gasteiger charge is 2.15. The molecule has 0 aliphatic heterocycles. The zero-order chi connectivity index (χ0) is 17.4. The molecule has 1 saturated carbocycles. The van der Waals surface area contributed by atoms with Crippen LogP contribution >= 0.6 is 0 Å². The minimum atomic E-state index is -0.359. The first-order valence-electron chi connectivity index (χ1n) is 8.82. The molecule has 0 spiro atoms. The third-order valence-corrected chi connectivity index (χ3v) is 4.55. The van der Waals surface area contributed by atoms with Crippen LogP contribution in [0.5, 0.6) is 5.75 Å². The van der Waals surface area contributed by atoms with Crippen molar-refractivity contribution in [2.75, 3.05) is 6.61 Å². The smallest absolute Gasteiger partial charge is 0.276 e. The van der Waals surface area contributed by atoms with E-state index in [1.54, 1.807) is 0 Å². The number of benzene rings is 1. The molecular weight excluding hydrogens is 304 g/mol. The van der Waals surface area contributed by atoms with Crippen LogP contribution in [0.4, 0.5) is 0 Å². The lowest BCUT2D eigenvalue weighted by molar-refractivity contribution is -0.130. The molecule has 1 fully saturated rings. The fraction of sp³-hybridized carbons (Fsp3) is 0.579. The number of rotatable bonds is 6. The standard InChI is InChI=1S/C19H28N2O3/c1-14-8-9-15(2)17(12-14)24-13-19(23)21-20-18(22)11-10-16-6-4-3-5-7-16/h8-9,12,16H,3-7,10-11,13H2,1-2H3,(H,20,22)(H,21,23). The van der Waals surface area contributed by atoms with Crippen molar-refractivity contribution >= 4 is 11.8 Å². The predicted octanol–water partition coefficient (Wildman–Crippen LogP) is 3.19. The zero-order valence-corrected chi connectivity index (χ0v) is 14.7. The van der Waals surface area contributed by atoms with Crippen molar-refractivity contribution in [2.45, 2.75) is 58.8 Å². The Balaban J connectivity index is 1.63. The van der Waals surface area contributed by atoms with Crippen molar-refractivity contribution < 1.29 is 14.3 Å². The molecule has 0 radical (unpaired) electrons. The molecule has 132 valence electrons. The van der Waals surface area contributed by atoms with Gasteiger partial charge in [0.2, 0.25) is 5.91 Å². The van der Waals surface area contributed by atoms with E-state index in [9.17, 15) is 9.59 Å². The summed E-state index contributed by atoms with van der Waals surface area (Å²) in [4.78, 5) is 23.6. The summed E-state index contributed by atoms with van der Waals surface area (Å²) in [5.74, 6) is 0.851. The molecule has 1 aliphatic carbocycles. The first-order chi connectivity index (χ1) is 11.5. The maximum Gasteiger partial charge on any atom is 0.276 e. The fourth-order valence-corrected chi connectivity index (χ4v) is 3.06.